The number of aliphatic hydroxyl groups is 1. The number of hydrogen-bond donors (Lipinski definition) is 1. The smallest absolute Gasteiger partial charge is 0.123 e. The fraction of sp³-hybridized carbons (Fsp3) is 0.321. The Balaban J connectivity index is 1.46. The second kappa shape index (κ2) is 11.0. The Labute approximate surface area is 206 Å². The summed E-state index contributed by atoms with van der Waals surface area (Å²) in [6.07, 6.45) is 8.21. The van der Waals surface area contributed by atoms with Crippen molar-refractivity contribution in [2.24, 2.45) is 0 Å². The molecule has 0 spiro atoms. The van der Waals surface area contributed by atoms with E-state index in [9.17, 15) is 5.11 Å². The molecule has 0 aliphatic carbocycles. The van der Waals surface area contributed by atoms with Crippen LogP contribution in [0.25, 0.3) is 5.57 Å². The summed E-state index contributed by atoms with van der Waals surface area (Å²) < 4.78 is 11.0. The summed E-state index contributed by atoms with van der Waals surface area (Å²) in [5.41, 5.74) is 3.34. The first-order valence-corrected chi connectivity index (χ1v) is 11.9. The Kier molecular flexibility index (Phi) is 7.88. The van der Waals surface area contributed by atoms with Crippen molar-refractivity contribution in [3.05, 3.63) is 94.8 Å². The molecule has 0 saturated carbocycles. The quantitative estimate of drug-likeness (QED) is 0.459. The van der Waals surface area contributed by atoms with Gasteiger partial charge in [0.25, 0.3) is 0 Å². The Morgan fingerprint density at radius 2 is 1.71 bits per heavy atom. The van der Waals surface area contributed by atoms with Crippen LogP contribution in [0.15, 0.2) is 73.1 Å². The van der Waals surface area contributed by atoms with Gasteiger partial charge in [-0.3, -0.25) is 4.98 Å². The minimum atomic E-state index is -0.783. The third-order valence-electron chi connectivity index (χ3n) is 6.49. The highest BCUT2D eigenvalue weighted by molar-refractivity contribution is 6.30. The number of piperidine rings is 1. The average Bonchev–Trinajstić information content (AvgIpc) is 2.88. The van der Waals surface area contributed by atoms with Crippen LogP contribution in [0.4, 0.5) is 0 Å². The summed E-state index contributed by atoms with van der Waals surface area (Å²) in [7, 11) is 3.32. The SMILES string of the molecule is COc1cc(OC)cc(/C(=C/CCN2CCC(O)(c3ccc(Cl)cc3)CC2)c2cccnc2)c1. The van der Waals surface area contributed by atoms with E-state index in [2.05, 4.69) is 22.0 Å². The molecule has 3 aromatic rings. The lowest BCUT2D eigenvalue weighted by Gasteiger charge is -2.38. The molecular weight excluding hydrogens is 448 g/mol. The molecule has 2 aromatic carbocycles. The van der Waals surface area contributed by atoms with Gasteiger partial charge in [-0.2, -0.15) is 0 Å². The predicted molar refractivity (Wildman–Crippen MR) is 137 cm³/mol. The van der Waals surface area contributed by atoms with Crippen LogP contribution >= 0.6 is 11.6 Å². The maximum absolute atomic E-state index is 11.1. The lowest BCUT2D eigenvalue weighted by atomic mass is 9.84. The van der Waals surface area contributed by atoms with Crippen molar-refractivity contribution in [1.29, 1.82) is 0 Å². The average molecular weight is 479 g/mol. The van der Waals surface area contributed by atoms with Crippen LogP contribution in [-0.2, 0) is 5.60 Å². The van der Waals surface area contributed by atoms with Crippen molar-refractivity contribution in [1.82, 2.24) is 9.88 Å². The molecule has 5 nitrogen and oxygen atoms in total. The largest absolute Gasteiger partial charge is 0.497 e. The van der Waals surface area contributed by atoms with E-state index in [-0.39, 0.29) is 0 Å². The normalized spacial score (nSPS) is 16.3. The molecule has 0 unspecified atom stereocenters. The molecule has 0 amide bonds. The zero-order valence-corrected chi connectivity index (χ0v) is 20.5. The van der Waals surface area contributed by atoms with Crippen molar-refractivity contribution in [3.63, 3.8) is 0 Å². The number of aromatic nitrogens is 1. The molecule has 0 bridgehead atoms. The molecule has 2 heterocycles. The van der Waals surface area contributed by atoms with Crippen molar-refractivity contribution in [2.45, 2.75) is 24.9 Å². The lowest BCUT2D eigenvalue weighted by molar-refractivity contribution is -0.0254. The van der Waals surface area contributed by atoms with Gasteiger partial charge >= 0.3 is 0 Å². The number of pyridine rings is 1. The van der Waals surface area contributed by atoms with Crippen molar-refractivity contribution < 1.29 is 14.6 Å². The Bertz CT molecular complexity index is 1090. The summed E-state index contributed by atoms with van der Waals surface area (Å²) in [4.78, 5) is 6.73. The molecule has 1 saturated heterocycles. The van der Waals surface area contributed by atoms with Gasteiger partial charge in [0, 0.05) is 48.7 Å². The number of ether oxygens (including phenoxy) is 2. The third-order valence-corrected chi connectivity index (χ3v) is 6.75. The Morgan fingerprint density at radius 1 is 1.03 bits per heavy atom. The van der Waals surface area contributed by atoms with E-state index >= 15 is 0 Å². The van der Waals surface area contributed by atoms with Gasteiger partial charge in [-0.15, -0.1) is 0 Å². The van der Waals surface area contributed by atoms with E-state index < -0.39 is 5.60 Å². The summed E-state index contributed by atoms with van der Waals surface area (Å²) in [5, 5.41) is 11.8. The zero-order valence-electron chi connectivity index (χ0n) is 19.7. The molecule has 0 atom stereocenters. The van der Waals surface area contributed by atoms with Crippen molar-refractivity contribution in [3.8, 4) is 11.5 Å². The van der Waals surface area contributed by atoms with Crippen LogP contribution < -0.4 is 9.47 Å². The van der Waals surface area contributed by atoms with Gasteiger partial charge in [0.15, 0.2) is 0 Å². The third kappa shape index (κ3) is 5.79. The highest BCUT2D eigenvalue weighted by Crippen LogP contribution is 2.34. The van der Waals surface area contributed by atoms with Crippen molar-refractivity contribution >= 4 is 17.2 Å². The summed E-state index contributed by atoms with van der Waals surface area (Å²) in [6, 6.07) is 17.5. The molecule has 0 radical (unpaired) electrons. The van der Waals surface area contributed by atoms with E-state index in [0.29, 0.717) is 17.9 Å². The standard InChI is InChI=1S/C28H31ClN2O3/c1-33-25-17-22(18-26(19-25)34-2)27(21-5-3-13-30-20-21)6-4-14-31-15-11-28(32,12-16-31)23-7-9-24(29)10-8-23/h3,5-10,13,17-20,32H,4,11-12,14-16H2,1-2H3/b27-6+. The first kappa shape index (κ1) is 24.3. The van der Waals surface area contributed by atoms with Crippen LogP contribution in [0.1, 0.15) is 36.0 Å². The summed E-state index contributed by atoms with van der Waals surface area (Å²) in [5.74, 6) is 1.50. The summed E-state index contributed by atoms with van der Waals surface area (Å²) >= 11 is 6.01. The van der Waals surface area contributed by atoms with Crippen LogP contribution in [-0.4, -0.2) is 48.8 Å². The Hall–Kier alpha value is -2.86. The molecule has 1 aliphatic heterocycles. The highest BCUT2D eigenvalue weighted by atomic mass is 35.5. The van der Waals surface area contributed by atoms with E-state index in [4.69, 9.17) is 21.1 Å². The van der Waals surface area contributed by atoms with Crippen molar-refractivity contribution in [2.75, 3.05) is 33.9 Å². The molecule has 1 fully saturated rings. The molecule has 178 valence electrons. The number of nitrogens with zero attached hydrogens (tertiary/aromatic N) is 2. The molecule has 6 heteroatoms. The van der Waals surface area contributed by atoms with Crippen LogP contribution in [0.2, 0.25) is 5.02 Å². The second-order valence-corrected chi connectivity index (χ2v) is 9.07. The molecular formula is C28H31ClN2O3. The molecule has 1 aromatic heterocycles. The number of rotatable bonds is 8. The van der Waals surface area contributed by atoms with Gasteiger partial charge in [0.2, 0.25) is 0 Å². The van der Waals surface area contributed by atoms with Gasteiger partial charge in [-0.1, -0.05) is 35.9 Å². The molecule has 1 aliphatic rings. The van der Waals surface area contributed by atoms with Crippen LogP contribution in [0.3, 0.4) is 0 Å². The molecule has 34 heavy (non-hydrogen) atoms. The fourth-order valence-electron chi connectivity index (χ4n) is 4.47. The van der Waals surface area contributed by atoms with E-state index in [1.54, 1.807) is 20.4 Å². The predicted octanol–water partition coefficient (Wildman–Crippen LogP) is 5.56. The topological polar surface area (TPSA) is 54.8 Å². The fourth-order valence-corrected chi connectivity index (χ4v) is 4.60. The number of hydrogen-bond acceptors (Lipinski definition) is 5. The maximum Gasteiger partial charge on any atom is 0.123 e. The lowest BCUT2D eigenvalue weighted by Crippen LogP contribution is -2.42. The number of benzene rings is 2. The maximum atomic E-state index is 11.1. The highest BCUT2D eigenvalue weighted by Gasteiger charge is 2.33. The zero-order chi connectivity index (χ0) is 24.0. The first-order chi connectivity index (χ1) is 16.5. The Morgan fingerprint density at radius 3 is 2.29 bits per heavy atom. The number of halogens is 1. The van der Waals surface area contributed by atoms with Gasteiger partial charge in [0.1, 0.15) is 11.5 Å². The number of methoxy groups -OCH3 is 2. The van der Waals surface area contributed by atoms with Crippen LogP contribution in [0, 0.1) is 0 Å². The molecule has 4 rings (SSSR count). The second-order valence-electron chi connectivity index (χ2n) is 8.63. The minimum Gasteiger partial charge on any atom is -0.497 e. The number of likely N-dealkylation sites (tertiary alicyclic amines) is 1. The molecule has 1 N–H and O–H groups in total. The summed E-state index contributed by atoms with van der Waals surface area (Å²) in [6.45, 7) is 2.62. The first-order valence-electron chi connectivity index (χ1n) is 11.6. The minimum absolute atomic E-state index is 0.689. The van der Waals surface area contributed by atoms with Crippen LogP contribution in [0.5, 0.6) is 11.5 Å². The van der Waals surface area contributed by atoms with E-state index in [1.165, 1.54) is 0 Å². The monoisotopic (exact) mass is 478 g/mol. The van der Waals surface area contributed by atoms with Gasteiger partial charge in [-0.25, -0.2) is 0 Å². The van der Waals surface area contributed by atoms with Gasteiger partial charge in [0.05, 0.1) is 19.8 Å². The van der Waals surface area contributed by atoms with E-state index in [0.717, 1.165) is 59.8 Å². The van der Waals surface area contributed by atoms with Gasteiger partial charge in [-0.05, 0) is 66.3 Å². The van der Waals surface area contributed by atoms with E-state index in [1.807, 2.05) is 54.7 Å². The van der Waals surface area contributed by atoms with Gasteiger partial charge < -0.3 is 19.5 Å².